The molecule has 2 aromatic carbocycles. The molecule has 9 nitrogen and oxygen atoms in total. The van der Waals surface area contributed by atoms with E-state index in [0.29, 0.717) is 28.6 Å². The first kappa shape index (κ1) is 22.3. The van der Waals surface area contributed by atoms with Crippen LogP contribution in [0.15, 0.2) is 64.9 Å². The van der Waals surface area contributed by atoms with E-state index >= 15 is 0 Å². The van der Waals surface area contributed by atoms with Gasteiger partial charge < -0.3 is 30.3 Å². The summed E-state index contributed by atoms with van der Waals surface area (Å²) in [5.74, 6) is -3.72. The van der Waals surface area contributed by atoms with Crippen molar-refractivity contribution in [3.8, 4) is 11.5 Å². The number of allylic oxidation sites excluding steroid dienone is 3. The molecule has 0 saturated carbocycles. The second-order valence-corrected chi connectivity index (χ2v) is 8.74. The van der Waals surface area contributed by atoms with Gasteiger partial charge in [0.2, 0.25) is 5.54 Å². The minimum Gasteiger partial charge on any atom is -0.508 e. The van der Waals surface area contributed by atoms with Crippen LogP contribution < -0.4 is 0 Å². The molecule has 0 saturated heterocycles. The van der Waals surface area contributed by atoms with E-state index in [0.717, 1.165) is 0 Å². The van der Waals surface area contributed by atoms with E-state index < -0.39 is 28.8 Å². The molecule has 0 aliphatic carbocycles. The zero-order chi connectivity index (χ0) is 25.2. The fourth-order valence-corrected chi connectivity index (χ4v) is 5.59. The number of Topliss-reactive ketones (excluding diaryl/α,β-unsaturated/α-hetero) is 1. The van der Waals surface area contributed by atoms with Gasteiger partial charge in [-0.2, -0.15) is 0 Å². The molecule has 0 amide bonds. The first-order valence-corrected chi connectivity index (χ1v) is 10.9. The molecule has 1 unspecified atom stereocenters. The van der Waals surface area contributed by atoms with E-state index in [1.54, 1.807) is 25.1 Å². The Balaban J connectivity index is 1.84. The van der Waals surface area contributed by atoms with E-state index in [9.17, 15) is 34.8 Å². The lowest BCUT2D eigenvalue weighted by molar-refractivity contribution is -0.153. The fraction of sp³-hybridized carbons (Fsp3) is 0.192. The van der Waals surface area contributed by atoms with Crippen molar-refractivity contribution in [2.24, 2.45) is 0 Å². The van der Waals surface area contributed by atoms with Crippen molar-refractivity contribution in [2.45, 2.75) is 25.8 Å². The fourth-order valence-electron chi connectivity index (χ4n) is 5.59. The van der Waals surface area contributed by atoms with Crippen LogP contribution in [0.4, 0.5) is 0 Å². The summed E-state index contributed by atoms with van der Waals surface area (Å²) in [6.07, 6.45) is 0.356. The molecular formula is C26H22N2O7. The van der Waals surface area contributed by atoms with Gasteiger partial charge in [-0.1, -0.05) is 12.1 Å². The molecule has 0 radical (unpaired) electrons. The van der Waals surface area contributed by atoms with E-state index in [4.69, 9.17) is 0 Å². The standard InChI is InChI=1S/C26H22N2O7/c1-12-20(22(31)16-5-3-4-6-19(16)30)13(2)28-10-9-15-17-11-14(29)7-8-18(17)27-23(15)26(28,25(34)35)21(12)24(32)33/h3-8,11,27,29-30H,9-10H2,1-2H3,(H,32,33)(H,34,35). The number of rotatable bonds is 4. The molecule has 0 spiro atoms. The van der Waals surface area contributed by atoms with Crippen LogP contribution in [0.5, 0.6) is 11.5 Å². The summed E-state index contributed by atoms with van der Waals surface area (Å²) in [4.78, 5) is 43.8. The van der Waals surface area contributed by atoms with Gasteiger partial charge in [-0.15, -0.1) is 0 Å². The highest BCUT2D eigenvalue weighted by molar-refractivity contribution is 6.16. The van der Waals surface area contributed by atoms with E-state index in [1.165, 1.54) is 36.1 Å². The first-order valence-electron chi connectivity index (χ1n) is 10.9. The Kier molecular flexibility index (Phi) is 4.77. The summed E-state index contributed by atoms with van der Waals surface area (Å²) in [5.41, 5.74) is -0.880. The Morgan fingerprint density at radius 1 is 1.03 bits per heavy atom. The summed E-state index contributed by atoms with van der Waals surface area (Å²) in [5, 5.41) is 41.8. The lowest BCUT2D eigenvalue weighted by atomic mass is 9.72. The number of carbonyl (C=O) groups is 3. The van der Waals surface area contributed by atoms with Crippen molar-refractivity contribution in [1.29, 1.82) is 0 Å². The predicted molar refractivity (Wildman–Crippen MR) is 125 cm³/mol. The van der Waals surface area contributed by atoms with Crippen LogP contribution in [0.1, 0.15) is 35.5 Å². The molecule has 3 heterocycles. The predicted octanol–water partition coefficient (Wildman–Crippen LogP) is 3.29. The third kappa shape index (κ3) is 2.84. The number of para-hydroxylation sites is 1. The van der Waals surface area contributed by atoms with E-state index in [-0.39, 0.29) is 40.4 Å². The lowest BCUT2D eigenvalue weighted by Crippen LogP contribution is -2.59. The highest BCUT2D eigenvalue weighted by Crippen LogP contribution is 2.51. The molecule has 9 heteroatoms. The maximum absolute atomic E-state index is 13.5. The number of phenols is 2. The van der Waals surface area contributed by atoms with Gasteiger partial charge in [-0.25, -0.2) is 9.59 Å². The minimum absolute atomic E-state index is 0.00607. The van der Waals surface area contributed by atoms with Crippen molar-refractivity contribution in [3.63, 3.8) is 0 Å². The monoisotopic (exact) mass is 474 g/mol. The Bertz CT molecular complexity index is 1530. The van der Waals surface area contributed by atoms with Gasteiger partial charge in [-0.3, -0.25) is 4.79 Å². The number of carbonyl (C=O) groups excluding carboxylic acids is 1. The molecule has 3 aromatic rings. The second-order valence-electron chi connectivity index (χ2n) is 8.74. The maximum Gasteiger partial charge on any atom is 0.340 e. The number of phenolic OH excluding ortho intramolecular Hbond substituents is 2. The van der Waals surface area contributed by atoms with Crippen LogP contribution in [0.25, 0.3) is 10.9 Å². The Hall–Kier alpha value is -4.53. The Morgan fingerprint density at radius 3 is 2.40 bits per heavy atom. The van der Waals surface area contributed by atoms with Crippen molar-refractivity contribution >= 4 is 28.6 Å². The molecule has 0 fully saturated rings. The number of aromatic nitrogens is 1. The molecule has 2 aliphatic heterocycles. The average Bonchev–Trinajstić information content (AvgIpc) is 3.17. The van der Waals surface area contributed by atoms with Crippen LogP contribution in [0.3, 0.4) is 0 Å². The van der Waals surface area contributed by atoms with Gasteiger partial charge in [0.05, 0.1) is 16.8 Å². The van der Waals surface area contributed by atoms with Crippen molar-refractivity contribution in [3.05, 3.63) is 81.7 Å². The summed E-state index contributed by atoms with van der Waals surface area (Å²) in [6.45, 7) is 3.13. The molecule has 2 aliphatic rings. The van der Waals surface area contributed by atoms with Crippen LogP contribution in [0.2, 0.25) is 0 Å². The highest BCUT2D eigenvalue weighted by Gasteiger charge is 2.59. The molecular weight excluding hydrogens is 452 g/mol. The third-order valence-corrected chi connectivity index (χ3v) is 7.02. The molecule has 178 valence electrons. The van der Waals surface area contributed by atoms with Gasteiger partial charge in [0.1, 0.15) is 11.5 Å². The van der Waals surface area contributed by atoms with Gasteiger partial charge in [0.25, 0.3) is 0 Å². The van der Waals surface area contributed by atoms with E-state index in [1.807, 2.05) is 0 Å². The van der Waals surface area contributed by atoms with E-state index in [2.05, 4.69) is 4.98 Å². The van der Waals surface area contributed by atoms with Crippen LogP contribution in [-0.2, 0) is 21.5 Å². The molecule has 5 rings (SSSR count). The molecule has 1 atom stereocenters. The molecule has 5 N–H and O–H groups in total. The number of ketones is 1. The number of H-pyrrole nitrogens is 1. The van der Waals surface area contributed by atoms with Gasteiger partial charge in [0, 0.05) is 28.7 Å². The second kappa shape index (κ2) is 7.49. The van der Waals surface area contributed by atoms with Crippen molar-refractivity contribution in [1.82, 2.24) is 9.88 Å². The molecule has 35 heavy (non-hydrogen) atoms. The number of carboxylic acids is 2. The number of benzene rings is 2. The van der Waals surface area contributed by atoms with Crippen LogP contribution in [-0.4, -0.2) is 54.6 Å². The summed E-state index contributed by atoms with van der Waals surface area (Å²) < 4.78 is 0. The number of carboxylic acid groups (broad SMARTS) is 2. The number of aliphatic carboxylic acids is 2. The van der Waals surface area contributed by atoms with Gasteiger partial charge in [-0.05, 0) is 61.7 Å². The highest BCUT2D eigenvalue weighted by atomic mass is 16.4. The normalized spacial score (nSPS) is 19.5. The summed E-state index contributed by atoms with van der Waals surface area (Å²) in [7, 11) is 0. The van der Waals surface area contributed by atoms with Crippen molar-refractivity contribution in [2.75, 3.05) is 6.54 Å². The molecule has 0 bridgehead atoms. The Morgan fingerprint density at radius 2 is 1.74 bits per heavy atom. The minimum atomic E-state index is -2.12. The SMILES string of the molecule is CC1=C(C(=O)O)C2(C(=O)O)c3[nH]c4ccc(O)cc4c3CCN2C(C)=C1C(=O)c1ccccc1O. The summed E-state index contributed by atoms with van der Waals surface area (Å²) >= 11 is 0. The lowest BCUT2D eigenvalue weighted by Gasteiger charge is -2.49. The zero-order valence-corrected chi connectivity index (χ0v) is 18.9. The van der Waals surface area contributed by atoms with Crippen LogP contribution in [0, 0.1) is 0 Å². The number of nitrogens with one attached hydrogen (secondary N) is 1. The first-order chi connectivity index (χ1) is 16.6. The number of nitrogens with zero attached hydrogens (tertiary/aromatic N) is 1. The quantitative estimate of drug-likeness (QED) is 0.361. The van der Waals surface area contributed by atoms with Crippen molar-refractivity contribution < 1.29 is 34.8 Å². The maximum atomic E-state index is 13.5. The zero-order valence-electron chi connectivity index (χ0n) is 18.9. The topological polar surface area (TPSA) is 151 Å². The molecule has 1 aromatic heterocycles. The summed E-state index contributed by atoms with van der Waals surface area (Å²) in [6, 6.07) is 10.5. The van der Waals surface area contributed by atoms with Gasteiger partial charge >= 0.3 is 11.9 Å². The number of hydrogen-bond donors (Lipinski definition) is 5. The number of fused-ring (bicyclic) bond motifs is 5. The Labute approximate surface area is 199 Å². The number of hydrogen-bond acceptors (Lipinski definition) is 6. The third-order valence-electron chi connectivity index (χ3n) is 7.02. The number of aromatic hydroxyl groups is 2. The van der Waals surface area contributed by atoms with Crippen LogP contribution >= 0.6 is 0 Å². The largest absolute Gasteiger partial charge is 0.508 e. The average molecular weight is 474 g/mol. The van der Waals surface area contributed by atoms with Gasteiger partial charge in [0.15, 0.2) is 5.78 Å². The smallest absolute Gasteiger partial charge is 0.340 e. The number of aromatic amines is 1.